The monoisotopic (exact) mass is 454 g/mol. The molecule has 5 nitrogen and oxygen atoms in total. The average molecular weight is 455 g/mol. The molecule has 0 saturated heterocycles. The zero-order valence-electron chi connectivity index (χ0n) is 20.5. The highest BCUT2D eigenvalue weighted by molar-refractivity contribution is 5.56. The lowest BCUT2D eigenvalue weighted by molar-refractivity contribution is 0.123. The van der Waals surface area contributed by atoms with Gasteiger partial charge in [-0.3, -0.25) is 0 Å². The van der Waals surface area contributed by atoms with Gasteiger partial charge in [0, 0.05) is 18.8 Å². The first-order chi connectivity index (χ1) is 16.3. The maximum absolute atomic E-state index is 5.83. The maximum atomic E-state index is 5.83. The van der Waals surface area contributed by atoms with Gasteiger partial charge < -0.3 is 14.2 Å². The van der Waals surface area contributed by atoms with Crippen LogP contribution in [0, 0.1) is 5.92 Å². The third-order valence-corrected chi connectivity index (χ3v) is 6.06. The van der Waals surface area contributed by atoms with Gasteiger partial charge in [-0.2, -0.15) is 0 Å². The van der Waals surface area contributed by atoms with E-state index in [0.29, 0.717) is 12.4 Å². The van der Waals surface area contributed by atoms with Crippen molar-refractivity contribution in [1.29, 1.82) is 0 Å². The predicted octanol–water partition coefficient (Wildman–Crippen LogP) is 7.25. The molecular formula is C28H42N2O3. The van der Waals surface area contributed by atoms with Gasteiger partial charge in [0.05, 0.1) is 25.6 Å². The van der Waals surface area contributed by atoms with Gasteiger partial charge in [0.15, 0.2) is 11.6 Å². The summed E-state index contributed by atoms with van der Waals surface area (Å²) in [6.45, 7) is 5.31. The maximum Gasteiger partial charge on any atom is 0.159 e. The summed E-state index contributed by atoms with van der Waals surface area (Å²) in [6.07, 6.45) is 18.7. The second-order valence-electron chi connectivity index (χ2n) is 9.14. The van der Waals surface area contributed by atoms with E-state index < -0.39 is 0 Å². The number of unbranched alkanes of at least 4 members (excludes halogenated alkanes) is 6. The van der Waals surface area contributed by atoms with Gasteiger partial charge >= 0.3 is 0 Å². The number of hydrogen-bond donors (Lipinski definition) is 0. The smallest absolute Gasteiger partial charge is 0.159 e. The van der Waals surface area contributed by atoms with Gasteiger partial charge in [0.2, 0.25) is 0 Å². The first-order valence-corrected chi connectivity index (χ1v) is 13.1. The van der Waals surface area contributed by atoms with Crippen LogP contribution in [0.5, 0.6) is 11.5 Å². The molecule has 33 heavy (non-hydrogen) atoms. The first kappa shape index (κ1) is 25.5. The fourth-order valence-electron chi connectivity index (χ4n) is 3.75. The number of nitrogens with zero attached hydrogens (tertiary/aromatic N) is 2. The molecule has 0 unspecified atom stereocenters. The molecule has 1 aromatic heterocycles. The number of rotatable bonds is 19. The topological polar surface area (TPSA) is 53.5 Å². The van der Waals surface area contributed by atoms with Crippen LogP contribution in [0.25, 0.3) is 11.4 Å². The van der Waals surface area contributed by atoms with Crippen LogP contribution in [-0.4, -0.2) is 36.4 Å². The summed E-state index contributed by atoms with van der Waals surface area (Å²) in [5, 5.41) is 0. The average Bonchev–Trinajstić information content (AvgIpc) is 3.68. The fraction of sp³-hybridized carbons (Fsp3) is 0.643. The Morgan fingerprint density at radius 3 is 2.03 bits per heavy atom. The Labute approximate surface area is 200 Å². The van der Waals surface area contributed by atoms with Gasteiger partial charge in [0.25, 0.3) is 0 Å². The molecule has 0 aliphatic heterocycles. The minimum absolute atomic E-state index is 0.703. The van der Waals surface area contributed by atoms with Crippen molar-refractivity contribution in [2.45, 2.75) is 84.0 Å². The molecule has 1 saturated carbocycles. The summed E-state index contributed by atoms with van der Waals surface area (Å²) in [7, 11) is 0. The van der Waals surface area contributed by atoms with Crippen molar-refractivity contribution in [3.63, 3.8) is 0 Å². The molecule has 0 atom stereocenters. The summed E-state index contributed by atoms with van der Waals surface area (Å²) in [5.41, 5.74) is 0.976. The van der Waals surface area contributed by atoms with Crippen LogP contribution in [0.1, 0.15) is 84.0 Å². The van der Waals surface area contributed by atoms with E-state index in [1.54, 1.807) is 12.4 Å². The molecule has 1 fully saturated rings. The molecule has 0 bridgehead atoms. The highest BCUT2D eigenvalue weighted by Gasteiger charge is 2.19. The Balaban J connectivity index is 1.25. The molecule has 1 aromatic carbocycles. The van der Waals surface area contributed by atoms with E-state index in [0.717, 1.165) is 68.5 Å². The van der Waals surface area contributed by atoms with Crippen molar-refractivity contribution >= 4 is 0 Å². The highest BCUT2D eigenvalue weighted by atomic mass is 16.5. The normalized spacial score (nSPS) is 13.2. The van der Waals surface area contributed by atoms with E-state index in [9.17, 15) is 0 Å². The van der Waals surface area contributed by atoms with Crippen molar-refractivity contribution in [3.8, 4) is 22.9 Å². The van der Waals surface area contributed by atoms with Crippen molar-refractivity contribution in [2.24, 2.45) is 5.92 Å². The van der Waals surface area contributed by atoms with Crippen molar-refractivity contribution in [2.75, 3.05) is 26.4 Å². The second kappa shape index (κ2) is 15.7. The van der Waals surface area contributed by atoms with Gasteiger partial charge in [-0.05, 0) is 55.9 Å². The zero-order chi connectivity index (χ0) is 23.0. The molecule has 1 heterocycles. The Morgan fingerprint density at radius 2 is 1.30 bits per heavy atom. The van der Waals surface area contributed by atoms with Crippen molar-refractivity contribution in [3.05, 3.63) is 36.7 Å². The van der Waals surface area contributed by atoms with Crippen LogP contribution < -0.4 is 9.47 Å². The SMILES string of the molecule is CCCCOCCCCOc1ccc(-c2ncc(OCCCCCCCC3CC3)cn2)cc1. The Morgan fingerprint density at radius 1 is 0.697 bits per heavy atom. The number of hydrogen-bond acceptors (Lipinski definition) is 5. The highest BCUT2D eigenvalue weighted by Crippen LogP contribution is 2.34. The molecule has 5 heteroatoms. The second-order valence-corrected chi connectivity index (χ2v) is 9.14. The summed E-state index contributed by atoms with van der Waals surface area (Å²) in [4.78, 5) is 8.93. The molecule has 1 aliphatic carbocycles. The lowest BCUT2D eigenvalue weighted by Crippen LogP contribution is -2.01. The molecule has 0 radical (unpaired) electrons. The van der Waals surface area contributed by atoms with Crippen LogP contribution in [0.3, 0.4) is 0 Å². The third kappa shape index (κ3) is 11.0. The van der Waals surface area contributed by atoms with Crippen LogP contribution in [-0.2, 0) is 4.74 Å². The third-order valence-electron chi connectivity index (χ3n) is 6.06. The van der Waals surface area contributed by atoms with Gasteiger partial charge in [-0.25, -0.2) is 9.97 Å². The van der Waals surface area contributed by atoms with Crippen molar-refractivity contribution < 1.29 is 14.2 Å². The first-order valence-electron chi connectivity index (χ1n) is 13.1. The standard InChI is InChI=1S/C28H42N2O3/c1-2-3-18-31-19-9-10-21-32-26-16-14-25(15-17-26)28-29-22-27(23-30-28)33-20-8-6-4-5-7-11-24-12-13-24/h14-17,22-24H,2-13,18-21H2,1H3. The van der Waals surface area contributed by atoms with Crippen LogP contribution >= 0.6 is 0 Å². The van der Waals surface area contributed by atoms with E-state index in [1.165, 1.54) is 51.4 Å². The lowest BCUT2D eigenvalue weighted by Gasteiger charge is -2.08. The number of aromatic nitrogens is 2. The molecule has 0 spiro atoms. The molecular weight excluding hydrogens is 412 g/mol. The van der Waals surface area contributed by atoms with E-state index in [1.807, 2.05) is 24.3 Å². The van der Waals surface area contributed by atoms with E-state index in [2.05, 4.69) is 16.9 Å². The fourth-order valence-corrected chi connectivity index (χ4v) is 3.75. The Bertz CT molecular complexity index is 745. The number of benzene rings is 1. The van der Waals surface area contributed by atoms with E-state index >= 15 is 0 Å². The predicted molar refractivity (Wildman–Crippen MR) is 134 cm³/mol. The van der Waals surface area contributed by atoms with Crippen LogP contribution in [0.2, 0.25) is 0 Å². The van der Waals surface area contributed by atoms with Gasteiger partial charge in [-0.1, -0.05) is 58.3 Å². The van der Waals surface area contributed by atoms with Crippen LogP contribution in [0.15, 0.2) is 36.7 Å². The van der Waals surface area contributed by atoms with Crippen molar-refractivity contribution in [1.82, 2.24) is 9.97 Å². The Kier molecular flexibility index (Phi) is 12.1. The minimum atomic E-state index is 0.703. The van der Waals surface area contributed by atoms with E-state index in [-0.39, 0.29) is 0 Å². The quantitative estimate of drug-likeness (QED) is 0.209. The van der Waals surface area contributed by atoms with Gasteiger partial charge in [0.1, 0.15) is 5.75 Å². The molecule has 0 N–H and O–H groups in total. The summed E-state index contributed by atoms with van der Waals surface area (Å²) in [5.74, 6) is 3.39. The van der Waals surface area contributed by atoms with Crippen LogP contribution in [0.4, 0.5) is 0 Å². The summed E-state index contributed by atoms with van der Waals surface area (Å²) >= 11 is 0. The Hall–Kier alpha value is -2.14. The molecule has 2 aromatic rings. The molecule has 3 rings (SSSR count). The summed E-state index contributed by atoms with van der Waals surface area (Å²) < 4.78 is 17.2. The van der Waals surface area contributed by atoms with E-state index in [4.69, 9.17) is 14.2 Å². The lowest BCUT2D eigenvalue weighted by atomic mass is 10.1. The molecule has 0 amide bonds. The summed E-state index contributed by atoms with van der Waals surface area (Å²) in [6, 6.07) is 7.96. The molecule has 182 valence electrons. The number of ether oxygens (including phenoxy) is 3. The van der Waals surface area contributed by atoms with Gasteiger partial charge in [-0.15, -0.1) is 0 Å². The minimum Gasteiger partial charge on any atom is -0.494 e. The zero-order valence-corrected chi connectivity index (χ0v) is 20.5. The molecule has 1 aliphatic rings. The largest absolute Gasteiger partial charge is 0.494 e.